The summed E-state index contributed by atoms with van der Waals surface area (Å²) in [4.78, 5) is 26.3. The Hall–Kier alpha value is -2.53. The molecule has 2 amide bonds. The van der Waals surface area contributed by atoms with Gasteiger partial charge in [-0.2, -0.15) is 13.2 Å². The molecule has 3 atom stereocenters. The van der Waals surface area contributed by atoms with Crippen molar-refractivity contribution in [1.29, 1.82) is 0 Å². The lowest BCUT2D eigenvalue weighted by Gasteiger charge is -2.44. The molecule has 2 heterocycles. The van der Waals surface area contributed by atoms with E-state index >= 15 is 0 Å². The largest absolute Gasteiger partial charge is 0.466 e. The molecular formula is C18H22F3N3O5. The van der Waals surface area contributed by atoms with Crippen LogP contribution in [0.15, 0.2) is 24.3 Å². The number of carbonyl (C=O) groups is 2. The molecule has 2 aliphatic heterocycles. The van der Waals surface area contributed by atoms with Crippen LogP contribution in [0.1, 0.15) is 18.5 Å². The number of hydrogen-bond acceptors (Lipinski definition) is 6. The molecule has 160 valence electrons. The molecule has 3 rings (SSSR count). The first-order chi connectivity index (χ1) is 13.7. The van der Waals surface area contributed by atoms with Crippen LogP contribution in [-0.4, -0.2) is 61.9 Å². The van der Waals surface area contributed by atoms with Gasteiger partial charge in [-0.1, -0.05) is 12.1 Å². The van der Waals surface area contributed by atoms with Gasteiger partial charge in [0.1, 0.15) is 5.92 Å². The van der Waals surface area contributed by atoms with Crippen molar-refractivity contribution in [3.8, 4) is 0 Å². The fourth-order valence-corrected chi connectivity index (χ4v) is 3.53. The Balaban J connectivity index is 1.95. The number of halogens is 3. The Labute approximate surface area is 164 Å². The average molecular weight is 417 g/mol. The number of morpholine rings is 1. The van der Waals surface area contributed by atoms with E-state index in [1.807, 2.05) is 4.90 Å². The number of aliphatic hydroxyl groups is 1. The van der Waals surface area contributed by atoms with E-state index in [4.69, 9.17) is 9.47 Å². The van der Waals surface area contributed by atoms with Gasteiger partial charge in [-0.25, -0.2) is 4.79 Å². The van der Waals surface area contributed by atoms with Gasteiger partial charge in [0.25, 0.3) is 5.72 Å². The lowest BCUT2D eigenvalue weighted by atomic mass is 9.82. The fourth-order valence-electron chi connectivity index (χ4n) is 3.53. The second-order valence-corrected chi connectivity index (χ2v) is 6.76. The van der Waals surface area contributed by atoms with Crippen LogP contribution >= 0.6 is 0 Å². The molecule has 0 bridgehead atoms. The smallest absolute Gasteiger partial charge is 0.437 e. The number of anilines is 1. The van der Waals surface area contributed by atoms with Crippen molar-refractivity contribution in [2.75, 3.05) is 37.8 Å². The van der Waals surface area contributed by atoms with Gasteiger partial charge in [0.15, 0.2) is 0 Å². The number of ether oxygens (including phenoxy) is 2. The Morgan fingerprint density at radius 1 is 1.31 bits per heavy atom. The van der Waals surface area contributed by atoms with E-state index in [1.165, 1.54) is 24.4 Å². The van der Waals surface area contributed by atoms with Crippen LogP contribution in [0.5, 0.6) is 0 Å². The molecule has 2 saturated heterocycles. The standard InChI is InChI=1S/C18H22F3N3O5/c1-2-29-15(25)13-14(22-16(26)23-17(13,27)18(19,20)21)11-3-5-12(6-4-11)24-7-9-28-10-8-24/h3-6,13-14,27H,2,7-10H2,1H3,(H2,22,23,26)/t13-,14+,17+/m0/s1. The van der Waals surface area contributed by atoms with Crippen molar-refractivity contribution in [2.45, 2.75) is 24.9 Å². The predicted molar refractivity (Wildman–Crippen MR) is 95.0 cm³/mol. The number of rotatable bonds is 4. The normalized spacial score (nSPS) is 27.8. The summed E-state index contributed by atoms with van der Waals surface area (Å²) < 4.78 is 50.9. The Morgan fingerprint density at radius 3 is 2.48 bits per heavy atom. The van der Waals surface area contributed by atoms with Gasteiger partial charge in [-0.3, -0.25) is 4.79 Å². The van der Waals surface area contributed by atoms with Crippen LogP contribution in [0.4, 0.5) is 23.7 Å². The minimum Gasteiger partial charge on any atom is -0.466 e. The summed E-state index contributed by atoms with van der Waals surface area (Å²) in [5.74, 6) is -3.41. The summed E-state index contributed by atoms with van der Waals surface area (Å²) in [6, 6.07) is 3.72. The van der Waals surface area contributed by atoms with E-state index in [9.17, 15) is 27.9 Å². The monoisotopic (exact) mass is 417 g/mol. The SMILES string of the molecule is CCOC(=O)[C@@H]1[C@@H](c2ccc(N3CCOCC3)cc2)NC(=O)N[C@]1(O)C(F)(F)F. The number of benzene rings is 1. The molecule has 0 aromatic heterocycles. The molecule has 0 saturated carbocycles. The lowest BCUT2D eigenvalue weighted by molar-refractivity contribution is -0.294. The van der Waals surface area contributed by atoms with Crippen molar-refractivity contribution < 1.29 is 37.3 Å². The summed E-state index contributed by atoms with van der Waals surface area (Å²) in [6.45, 7) is 3.72. The maximum Gasteiger partial charge on any atom is 0.437 e. The Kier molecular flexibility index (Phi) is 5.90. The maximum absolute atomic E-state index is 13.6. The highest BCUT2D eigenvalue weighted by Gasteiger charge is 2.67. The highest BCUT2D eigenvalue weighted by atomic mass is 19.4. The van der Waals surface area contributed by atoms with Gasteiger partial charge in [-0.05, 0) is 24.6 Å². The molecule has 0 radical (unpaired) electrons. The molecule has 29 heavy (non-hydrogen) atoms. The van der Waals surface area contributed by atoms with E-state index in [-0.39, 0.29) is 12.2 Å². The Morgan fingerprint density at radius 2 is 1.93 bits per heavy atom. The molecule has 1 aromatic rings. The number of alkyl halides is 3. The topological polar surface area (TPSA) is 100 Å². The second-order valence-electron chi connectivity index (χ2n) is 6.76. The molecule has 11 heteroatoms. The van der Waals surface area contributed by atoms with Crippen molar-refractivity contribution in [2.24, 2.45) is 5.92 Å². The van der Waals surface area contributed by atoms with Crippen LogP contribution in [0, 0.1) is 5.92 Å². The number of hydrogen-bond donors (Lipinski definition) is 3. The van der Waals surface area contributed by atoms with Crippen LogP contribution in [0.3, 0.4) is 0 Å². The minimum atomic E-state index is -5.30. The third kappa shape index (κ3) is 4.10. The number of esters is 1. The average Bonchev–Trinajstić information content (AvgIpc) is 2.67. The van der Waals surface area contributed by atoms with Gasteiger partial charge in [0.2, 0.25) is 0 Å². The summed E-state index contributed by atoms with van der Waals surface area (Å²) in [5.41, 5.74) is -2.71. The summed E-state index contributed by atoms with van der Waals surface area (Å²) in [6.07, 6.45) is -5.30. The first-order valence-corrected chi connectivity index (χ1v) is 9.14. The quantitative estimate of drug-likeness (QED) is 0.639. The third-order valence-corrected chi connectivity index (χ3v) is 4.98. The van der Waals surface area contributed by atoms with Gasteiger partial charge < -0.3 is 30.1 Å². The molecule has 2 aliphatic rings. The number of nitrogens with zero attached hydrogens (tertiary/aromatic N) is 1. The van der Waals surface area contributed by atoms with E-state index in [1.54, 1.807) is 12.1 Å². The zero-order valence-corrected chi connectivity index (χ0v) is 15.7. The first-order valence-electron chi connectivity index (χ1n) is 9.14. The van der Waals surface area contributed by atoms with Crippen LogP contribution in [0.25, 0.3) is 0 Å². The van der Waals surface area contributed by atoms with E-state index < -0.39 is 35.9 Å². The number of amides is 2. The zero-order chi connectivity index (χ0) is 21.2. The second kappa shape index (κ2) is 8.07. The van der Waals surface area contributed by atoms with Gasteiger partial charge >= 0.3 is 18.2 Å². The third-order valence-electron chi connectivity index (χ3n) is 4.98. The minimum absolute atomic E-state index is 0.181. The van der Waals surface area contributed by atoms with Crippen LogP contribution in [0.2, 0.25) is 0 Å². The first kappa shape index (κ1) is 21.2. The number of carbonyl (C=O) groups excluding carboxylic acids is 2. The van der Waals surface area contributed by atoms with Crippen molar-refractivity contribution in [3.63, 3.8) is 0 Å². The van der Waals surface area contributed by atoms with Gasteiger partial charge in [-0.15, -0.1) is 0 Å². The highest BCUT2D eigenvalue weighted by molar-refractivity contribution is 5.83. The van der Waals surface area contributed by atoms with Gasteiger partial charge in [0.05, 0.1) is 25.9 Å². The summed E-state index contributed by atoms with van der Waals surface area (Å²) in [7, 11) is 0. The Bertz CT molecular complexity index is 752. The van der Waals surface area contributed by atoms with E-state index in [0.29, 0.717) is 26.3 Å². The number of urea groups is 1. The van der Waals surface area contributed by atoms with Crippen molar-refractivity contribution in [3.05, 3.63) is 29.8 Å². The molecule has 0 spiro atoms. The van der Waals surface area contributed by atoms with Crippen molar-refractivity contribution in [1.82, 2.24) is 10.6 Å². The zero-order valence-electron chi connectivity index (χ0n) is 15.7. The van der Waals surface area contributed by atoms with E-state index in [2.05, 4.69) is 5.32 Å². The molecule has 2 fully saturated rings. The van der Waals surface area contributed by atoms with Crippen LogP contribution in [-0.2, 0) is 14.3 Å². The summed E-state index contributed by atoms with van der Waals surface area (Å²) in [5, 5.41) is 14.1. The fraction of sp³-hybridized carbons (Fsp3) is 0.556. The lowest BCUT2D eigenvalue weighted by Crippen LogP contribution is -2.73. The molecule has 3 N–H and O–H groups in total. The molecule has 1 aromatic carbocycles. The van der Waals surface area contributed by atoms with Gasteiger partial charge in [0, 0.05) is 18.8 Å². The summed E-state index contributed by atoms with van der Waals surface area (Å²) >= 11 is 0. The van der Waals surface area contributed by atoms with E-state index in [0.717, 1.165) is 5.69 Å². The van der Waals surface area contributed by atoms with Crippen molar-refractivity contribution >= 4 is 17.7 Å². The molecule has 0 aliphatic carbocycles. The molecular weight excluding hydrogens is 395 g/mol. The molecule has 0 unspecified atom stereocenters. The molecule has 8 nitrogen and oxygen atoms in total. The number of nitrogens with one attached hydrogen (secondary N) is 2. The van der Waals surface area contributed by atoms with Crippen LogP contribution < -0.4 is 15.5 Å². The highest BCUT2D eigenvalue weighted by Crippen LogP contribution is 2.43. The maximum atomic E-state index is 13.6. The predicted octanol–water partition coefficient (Wildman–Crippen LogP) is 1.31.